The van der Waals surface area contributed by atoms with Crippen LogP contribution in [0.1, 0.15) is 101 Å². The summed E-state index contributed by atoms with van der Waals surface area (Å²) in [5.74, 6) is 5.43. The summed E-state index contributed by atoms with van der Waals surface area (Å²) >= 11 is 0. The van der Waals surface area contributed by atoms with Gasteiger partial charge in [0.05, 0.1) is 0 Å². The minimum absolute atomic E-state index is 0.0107. The number of allylic oxidation sites excluding steroid dienone is 2. The van der Waals surface area contributed by atoms with Crippen LogP contribution in [0.3, 0.4) is 0 Å². The molecule has 1 aromatic rings. The number of benzene rings is 1. The lowest BCUT2D eigenvalue weighted by molar-refractivity contribution is 0.0621. The number of rotatable bonds is 8. The molecular weight excluding hydrogens is 379 g/mol. The Morgan fingerprint density at radius 3 is 2.13 bits per heavy atom. The van der Waals surface area contributed by atoms with Crippen molar-refractivity contribution < 1.29 is 4.39 Å². The van der Waals surface area contributed by atoms with E-state index in [1.54, 1.807) is 0 Å². The molecular formula is C30H43F. The van der Waals surface area contributed by atoms with Gasteiger partial charge in [-0.2, -0.15) is 0 Å². The van der Waals surface area contributed by atoms with Gasteiger partial charge in [-0.3, -0.25) is 0 Å². The zero-order valence-electron chi connectivity index (χ0n) is 19.5. The van der Waals surface area contributed by atoms with Gasteiger partial charge in [0, 0.05) is 0 Å². The first kappa shape index (κ1) is 22.8. The quantitative estimate of drug-likeness (QED) is 0.367. The number of hydrogen-bond donors (Lipinski definition) is 0. The Balaban J connectivity index is 1.26. The Morgan fingerprint density at radius 1 is 0.774 bits per heavy atom. The zero-order chi connectivity index (χ0) is 21.6. The van der Waals surface area contributed by atoms with Gasteiger partial charge in [0.25, 0.3) is 0 Å². The number of hydrogen-bond acceptors (Lipinski definition) is 0. The molecule has 4 unspecified atom stereocenters. The monoisotopic (exact) mass is 422 g/mol. The molecule has 4 rings (SSSR count). The van der Waals surface area contributed by atoms with Gasteiger partial charge < -0.3 is 0 Å². The summed E-state index contributed by atoms with van der Waals surface area (Å²) in [7, 11) is 0. The molecule has 3 aliphatic carbocycles. The summed E-state index contributed by atoms with van der Waals surface area (Å²) in [6, 6.07) is 6.05. The van der Waals surface area contributed by atoms with Crippen molar-refractivity contribution in [2.24, 2.45) is 29.6 Å². The molecule has 1 heteroatoms. The maximum Gasteiger partial charge on any atom is 0.126 e. The van der Waals surface area contributed by atoms with Crippen molar-refractivity contribution in [3.63, 3.8) is 0 Å². The fourth-order valence-corrected chi connectivity index (χ4v) is 7.27. The molecule has 3 saturated carbocycles. The fourth-order valence-electron chi connectivity index (χ4n) is 7.27. The minimum Gasteiger partial charge on any atom is -0.207 e. The van der Waals surface area contributed by atoms with Crippen LogP contribution in [-0.4, -0.2) is 0 Å². The van der Waals surface area contributed by atoms with Crippen LogP contribution in [0.4, 0.5) is 4.39 Å². The third-order valence-electron chi connectivity index (χ3n) is 9.15. The second-order valence-electron chi connectivity index (χ2n) is 10.9. The van der Waals surface area contributed by atoms with E-state index < -0.39 is 0 Å². The highest BCUT2D eigenvalue weighted by atomic mass is 19.1. The molecule has 0 nitrogen and oxygen atoms in total. The predicted molar refractivity (Wildman–Crippen MR) is 131 cm³/mol. The van der Waals surface area contributed by atoms with Crippen LogP contribution in [0.5, 0.6) is 0 Å². The van der Waals surface area contributed by atoms with Crippen molar-refractivity contribution in [2.45, 2.75) is 95.8 Å². The van der Waals surface area contributed by atoms with E-state index in [0.29, 0.717) is 5.92 Å². The first-order valence-electron chi connectivity index (χ1n) is 13.2. The standard InChI is InChI=1S/C30H43F/c1-3-5-7-22-9-10-28-20-27(18-17-26(28)19-22)23-11-13-24(14-12-23)29-16-15-25(8-6-4-2)30(31)21-29/h3-4,15-16,21-24,26-28H,1-2,5-14,17-20H2. The van der Waals surface area contributed by atoms with Crippen molar-refractivity contribution in [1.82, 2.24) is 0 Å². The summed E-state index contributed by atoms with van der Waals surface area (Å²) in [6.45, 7) is 7.66. The van der Waals surface area contributed by atoms with Crippen molar-refractivity contribution in [2.75, 3.05) is 0 Å². The molecule has 0 bridgehead atoms. The molecule has 3 aliphatic rings. The highest BCUT2D eigenvalue weighted by Crippen LogP contribution is 2.50. The van der Waals surface area contributed by atoms with Gasteiger partial charge in [-0.15, -0.1) is 13.2 Å². The highest BCUT2D eigenvalue weighted by molar-refractivity contribution is 5.27. The molecule has 4 atom stereocenters. The van der Waals surface area contributed by atoms with E-state index in [1.807, 2.05) is 18.2 Å². The first-order valence-corrected chi connectivity index (χ1v) is 13.2. The van der Waals surface area contributed by atoms with Gasteiger partial charge in [0.2, 0.25) is 0 Å². The van der Waals surface area contributed by atoms with E-state index in [-0.39, 0.29) is 5.82 Å². The van der Waals surface area contributed by atoms with Crippen molar-refractivity contribution in [1.29, 1.82) is 0 Å². The molecule has 1 aromatic carbocycles. The molecule has 0 aromatic heterocycles. The SMILES string of the molecule is C=CCCc1ccc(C2CCC(C3CCC4CC(CCC=C)CCC4C3)CC2)cc1F. The molecule has 0 heterocycles. The van der Waals surface area contributed by atoms with Gasteiger partial charge in [-0.25, -0.2) is 4.39 Å². The molecule has 0 saturated heterocycles. The summed E-state index contributed by atoms with van der Waals surface area (Å²) in [5, 5.41) is 0. The lowest BCUT2D eigenvalue weighted by Crippen LogP contribution is -2.34. The van der Waals surface area contributed by atoms with Crippen molar-refractivity contribution in [3.05, 3.63) is 60.5 Å². The Kier molecular flexibility index (Phi) is 8.07. The van der Waals surface area contributed by atoms with E-state index >= 15 is 0 Å². The van der Waals surface area contributed by atoms with E-state index in [1.165, 1.54) is 82.6 Å². The average Bonchev–Trinajstić information content (AvgIpc) is 2.81. The molecule has 0 aliphatic heterocycles. The summed E-state index contributed by atoms with van der Waals surface area (Å²) < 4.78 is 14.5. The number of aryl methyl sites for hydroxylation is 1. The lowest BCUT2D eigenvalue weighted by Gasteiger charge is -2.45. The van der Waals surface area contributed by atoms with E-state index in [0.717, 1.165) is 48.0 Å². The summed E-state index contributed by atoms with van der Waals surface area (Å²) in [6.07, 6.45) is 22.3. The van der Waals surface area contributed by atoms with Crippen LogP contribution in [0, 0.1) is 35.4 Å². The Bertz CT molecular complexity index is 726. The number of fused-ring (bicyclic) bond motifs is 1. The molecule has 31 heavy (non-hydrogen) atoms. The molecule has 0 amide bonds. The van der Waals surface area contributed by atoms with Crippen LogP contribution < -0.4 is 0 Å². The third-order valence-corrected chi connectivity index (χ3v) is 9.15. The smallest absolute Gasteiger partial charge is 0.126 e. The van der Waals surface area contributed by atoms with Crippen molar-refractivity contribution in [3.8, 4) is 0 Å². The van der Waals surface area contributed by atoms with Crippen LogP contribution >= 0.6 is 0 Å². The zero-order valence-corrected chi connectivity index (χ0v) is 19.5. The maximum absolute atomic E-state index is 14.5. The van der Waals surface area contributed by atoms with Gasteiger partial charge >= 0.3 is 0 Å². The van der Waals surface area contributed by atoms with Crippen LogP contribution in [0.2, 0.25) is 0 Å². The highest BCUT2D eigenvalue weighted by Gasteiger charge is 2.38. The molecule has 0 N–H and O–H groups in total. The van der Waals surface area contributed by atoms with Gasteiger partial charge in [0.1, 0.15) is 5.82 Å². The second-order valence-corrected chi connectivity index (χ2v) is 10.9. The molecule has 170 valence electrons. The van der Waals surface area contributed by atoms with Crippen LogP contribution in [0.25, 0.3) is 0 Å². The van der Waals surface area contributed by atoms with Crippen molar-refractivity contribution >= 4 is 0 Å². The lowest BCUT2D eigenvalue weighted by atomic mass is 9.60. The van der Waals surface area contributed by atoms with E-state index in [4.69, 9.17) is 0 Å². The normalized spacial score (nSPS) is 33.5. The van der Waals surface area contributed by atoms with Gasteiger partial charge in [-0.05, 0) is 136 Å². The van der Waals surface area contributed by atoms with Crippen LogP contribution in [0.15, 0.2) is 43.5 Å². The summed E-state index contributed by atoms with van der Waals surface area (Å²) in [4.78, 5) is 0. The van der Waals surface area contributed by atoms with E-state index in [2.05, 4.69) is 25.3 Å². The Morgan fingerprint density at radius 2 is 1.42 bits per heavy atom. The van der Waals surface area contributed by atoms with E-state index in [9.17, 15) is 4.39 Å². The first-order chi connectivity index (χ1) is 15.2. The fraction of sp³-hybridized carbons (Fsp3) is 0.667. The van der Waals surface area contributed by atoms with Gasteiger partial charge in [-0.1, -0.05) is 30.7 Å². The summed E-state index contributed by atoms with van der Waals surface area (Å²) in [5.41, 5.74) is 2.08. The predicted octanol–water partition coefficient (Wildman–Crippen LogP) is 9.02. The second kappa shape index (κ2) is 11.0. The Labute approximate surface area is 190 Å². The minimum atomic E-state index is -0.0107. The number of halogens is 1. The largest absolute Gasteiger partial charge is 0.207 e. The molecule has 0 spiro atoms. The topological polar surface area (TPSA) is 0 Å². The molecule has 3 fully saturated rings. The van der Waals surface area contributed by atoms with Crippen LogP contribution in [-0.2, 0) is 6.42 Å². The molecule has 0 radical (unpaired) electrons. The Hall–Kier alpha value is -1.37. The third kappa shape index (κ3) is 5.71. The maximum atomic E-state index is 14.5. The average molecular weight is 423 g/mol. The van der Waals surface area contributed by atoms with Gasteiger partial charge in [0.15, 0.2) is 0 Å².